The molecule has 0 amide bonds. The second-order valence-electron chi connectivity index (χ2n) is 7.63. The molecule has 4 heterocycles. The number of aryl methyl sites for hydroxylation is 1. The average Bonchev–Trinajstić information content (AvgIpc) is 3.19. The Hall–Kier alpha value is -2.91. The fourth-order valence-electron chi connectivity index (χ4n) is 3.86. The average molecular weight is 409 g/mol. The molecule has 0 aliphatic carbocycles. The molecule has 3 aromatic rings. The fraction of sp³-hybridized carbons (Fsp3) is 0.476. The third-order valence-corrected chi connectivity index (χ3v) is 5.60. The summed E-state index contributed by atoms with van der Waals surface area (Å²) in [6.45, 7) is 6.58. The Labute approximate surface area is 175 Å². The zero-order valence-corrected chi connectivity index (χ0v) is 17.3. The number of ether oxygens (including phenoxy) is 2. The highest BCUT2D eigenvalue weighted by Crippen LogP contribution is 2.20. The third-order valence-electron chi connectivity index (χ3n) is 5.60. The summed E-state index contributed by atoms with van der Waals surface area (Å²) in [7, 11) is 2.06. The van der Waals surface area contributed by atoms with E-state index in [-0.39, 0.29) is 0 Å². The van der Waals surface area contributed by atoms with Gasteiger partial charge in [-0.05, 0) is 29.1 Å². The lowest BCUT2D eigenvalue weighted by Crippen LogP contribution is -2.40. The van der Waals surface area contributed by atoms with Crippen LogP contribution in [0.15, 0.2) is 30.5 Å². The molecule has 5 rings (SSSR count). The van der Waals surface area contributed by atoms with Gasteiger partial charge in [0.25, 0.3) is 0 Å². The van der Waals surface area contributed by atoms with E-state index in [1.165, 1.54) is 16.5 Å². The molecule has 2 aliphatic rings. The van der Waals surface area contributed by atoms with Crippen molar-refractivity contribution in [1.82, 2.24) is 19.5 Å². The van der Waals surface area contributed by atoms with Crippen LogP contribution in [0.2, 0.25) is 0 Å². The minimum atomic E-state index is 0.598. The van der Waals surface area contributed by atoms with E-state index in [0.29, 0.717) is 50.8 Å². The van der Waals surface area contributed by atoms with Crippen LogP contribution in [0, 0.1) is 0 Å². The van der Waals surface area contributed by atoms with Gasteiger partial charge in [0.2, 0.25) is 17.8 Å². The van der Waals surface area contributed by atoms with Crippen LogP contribution in [0.3, 0.4) is 0 Å². The molecule has 2 aromatic heterocycles. The Morgan fingerprint density at radius 3 is 2.13 bits per heavy atom. The molecule has 1 N–H and O–H groups in total. The molecule has 2 aliphatic heterocycles. The van der Waals surface area contributed by atoms with E-state index in [1.807, 2.05) is 0 Å². The molecule has 30 heavy (non-hydrogen) atoms. The van der Waals surface area contributed by atoms with Crippen molar-refractivity contribution in [3.05, 3.63) is 36.0 Å². The van der Waals surface area contributed by atoms with Crippen LogP contribution in [-0.2, 0) is 23.1 Å². The number of hydrogen-bond acceptors (Lipinski definition) is 8. The first-order chi connectivity index (χ1) is 14.8. The molecular weight excluding hydrogens is 382 g/mol. The highest BCUT2D eigenvalue weighted by atomic mass is 16.5. The zero-order valence-electron chi connectivity index (χ0n) is 17.3. The van der Waals surface area contributed by atoms with Crippen LogP contribution < -0.4 is 15.1 Å². The van der Waals surface area contributed by atoms with Crippen LogP contribution in [0.25, 0.3) is 10.9 Å². The van der Waals surface area contributed by atoms with Crippen molar-refractivity contribution in [1.29, 1.82) is 0 Å². The van der Waals surface area contributed by atoms with Crippen LogP contribution in [0.5, 0.6) is 0 Å². The number of fused-ring (bicyclic) bond motifs is 1. The highest BCUT2D eigenvalue weighted by Gasteiger charge is 2.20. The number of nitrogens with one attached hydrogen (secondary N) is 1. The van der Waals surface area contributed by atoms with E-state index in [2.05, 4.69) is 57.2 Å². The van der Waals surface area contributed by atoms with E-state index in [1.54, 1.807) is 0 Å². The number of anilines is 3. The first-order valence-corrected chi connectivity index (χ1v) is 10.5. The molecule has 0 saturated carbocycles. The van der Waals surface area contributed by atoms with Gasteiger partial charge in [0, 0.05) is 51.5 Å². The van der Waals surface area contributed by atoms with Crippen molar-refractivity contribution in [3.8, 4) is 0 Å². The van der Waals surface area contributed by atoms with Crippen LogP contribution in [0.4, 0.5) is 17.8 Å². The number of nitrogens with zero attached hydrogens (tertiary/aromatic N) is 6. The minimum Gasteiger partial charge on any atom is -0.378 e. The van der Waals surface area contributed by atoms with Gasteiger partial charge in [-0.2, -0.15) is 15.0 Å². The Balaban J connectivity index is 1.38. The molecule has 0 radical (unpaired) electrons. The molecule has 2 fully saturated rings. The van der Waals surface area contributed by atoms with Crippen molar-refractivity contribution < 1.29 is 9.47 Å². The largest absolute Gasteiger partial charge is 0.378 e. The SMILES string of the molecule is Cn1ccc2cc(CNc3nc(N4CCOCC4)nc(N4CCOCC4)n3)ccc21. The van der Waals surface area contributed by atoms with Gasteiger partial charge in [0.05, 0.1) is 26.4 Å². The van der Waals surface area contributed by atoms with E-state index in [4.69, 9.17) is 24.4 Å². The summed E-state index contributed by atoms with van der Waals surface area (Å²) >= 11 is 0. The van der Waals surface area contributed by atoms with Gasteiger partial charge in [-0.25, -0.2) is 0 Å². The van der Waals surface area contributed by atoms with Crippen molar-refractivity contribution in [2.75, 3.05) is 67.7 Å². The summed E-state index contributed by atoms with van der Waals surface area (Å²) in [6.07, 6.45) is 2.08. The van der Waals surface area contributed by atoms with Gasteiger partial charge < -0.3 is 29.2 Å². The van der Waals surface area contributed by atoms with Gasteiger partial charge in [-0.3, -0.25) is 0 Å². The smallest absolute Gasteiger partial charge is 0.232 e. The van der Waals surface area contributed by atoms with Crippen LogP contribution >= 0.6 is 0 Å². The summed E-state index contributed by atoms with van der Waals surface area (Å²) in [5.41, 5.74) is 2.41. The van der Waals surface area contributed by atoms with Gasteiger partial charge in [-0.15, -0.1) is 0 Å². The second kappa shape index (κ2) is 8.45. The summed E-state index contributed by atoms with van der Waals surface area (Å²) < 4.78 is 13.1. The molecule has 0 atom stereocenters. The lowest BCUT2D eigenvalue weighted by atomic mass is 10.1. The maximum absolute atomic E-state index is 5.48. The van der Waals surface area contributed by atoms with E-state index in [9.17, 15) is 0 Å². The summed E-state index contributed by atoms with van der Waals surface area (Å²) in [4.78, 5) is 18.5. The lowest BCUT2D eigenvalue weighted by Gasteiger charge is -2.30. The fourth-order valence-corrected chi connectivity index (χ4v) is 3.86. The summed E-state index contributed by atoms with van der Waals surface area (Å²) in [5, 5.41) is 4.64. The first-order valence-electron chi connectivity index (χ1n) is 10.5. The van der Waals surface area contributed by atoms with E-state index >= 15 is 0 Å². The quantitative estimate of drug-likeness (QED) is 0.681. The standard InChI is InChI=1S/C21H27N7O2/c1-26-5-4-17-14-16(2-3-18(17)26)15-22-19-23-20(27-6-10-29-11-7-27)25-21(24-19)28-8-12-30-13-9-28/h2-5,14H,6-13,15H2,1H3,(H,22,23,24,25). The minimum absolute atomic E-state index is 0.598. The Morgan fingerprint density at radius 1 is 0.867 bits per heavy atom. The maximum atomic E-state index is 5.48. The number of benzene rings is 1. The molecular formula is C21H27N7O2. The Bertz CT molecular complexity index is 974. The van der Waals surface area contributed by atoms with Gasteiger partial charge in [0.1, 0.15) is 0 Å². The molecule has 158 valence electrons. The van der Waals surface area contributed by atoms with Crippen molar-refractivity contribution >= 4 is 28.7 Å². The normalized spacial score (nSPS) is 17.5. The van der Waals surface area contributed by atoms with Gasteiger partial charge in [-0.1, -0.05) is 6.07 Å². The third kappa shape index (κ3) is 4.03. The summed E-state index contributed by atoms with van der Waals surface area (Å²) in [5.74, 6) is 2.01. The first kappa shape index (κ1) is 19.1. The van der Waals surface area contributed by atoms with E-state index in [0.717, 1.165) is 26.2 Å². The predicted octanol–water partition coefficient (Wildman–Crippen LogP) is 1.65. The number of morpholine rings is 2. The van der Waals surface area contributed by atoms with Crippen molar-refractivity contribution in [2.45, 2.75) is 6.54 Å². The molecule has 2 saturated heterocycles. The number of hydrogen-bond donors (Lipinski definition) is 1. The number of rotatable bonds is 5. The van der Waals surface area contributed by atoms with Crippen molar-refractivity contribution in [2.24, 2.45) is 7.05 Å². The molecule has 9 heteroatoms. The van der Waals surface area contributed by atoms with Gasteiger partial charge >= 0.3 is 0 Å². The summed E-state index contributed by atoms with van der Waals surface area (Å²) in [6, 6.07) is 8.63. The highest BCUT2D eigenvalue weighted by molar-refractivity contribution is 5.80. The zero-order chi connectivity index (χ0) is 20.3. The van der Waals surface area contributed by atoms with Crippen molar-refractivity contribution in [3.63, 3.8) is 0 Å². The number of aromatic nitrogens is 4. The second-order valence-corrected chi connectivity index (χ2v) is 7.63. The van der Waals surface area contributed by atoms with E-state index < -0.39 is 0 Å². The molecule has 0 bridgehead atoms. The van der Waals surface area contributed by atoms with Crippen LogP contribution in [0.1, 0.15) is 5.56 Å². The monoisotopic (exact) mass is 409 g/mol. The van der Waals surface area contributed by atoms with Gasteiger partial charge in [0.15, 0.2) is 0 Å². The predicted molar refractivity (Wildman–Crippen MR) is 116 cm³/mol. The van der Waals surface area contributed by atoms with Crippen LogP contribution in [-0.4, -0.2) is 72.1 Å². The molecule has 0 spiro atoms. The molecule has 9 nitrogen and oxygen atoms in total. The molecule has 0 unspecified atom stereocenters. The Morgan fingerprint density at radius 2 is 1.50 bits per heavy atom. The maximum Gasteiger partial charge on any atom is 0.232 e. The molecule has 1 aromatic carbocycles. The lowest BCUT2D eigenvalue weighted by molar-refractivity contribution is 0.121. The topological polar surface area (TPSA) is 80.6 Å². The Kier molecular flexibility index (Phi) is 5.37.